The summed E-state index contributed by atoms with van der Waals surface area (Å²) in [4.78, 5) is 11.4. The molecule has 6 nitrogen and oxygen atoms in total. The Balaban J connectivity index is 2.28. The van der Waals surface area contributed by atoms with Gasteiger partial charge >= 0.3 is 5.97 Å². The predicted octanol–water partition coefficient (Wildman–Crippen LogP) is 1.62. The zero-order valence-corrected chi connectivity index (χ0v) is 11.7. The number of hydrogen-bond acceptors (Lipinski definition) is 6. The topological polar surface area (TPSA) is 69.9 Å². The first-order chi connectivity index (χ1) is 9.13. The maximum Gasteiger partial charge on any atom is 0.318 e. The van der Waals surface area contributed by atoms with Crippen LogP contribution in [-0.4, -0.2) is 38.5 Å². The number of nitrogens with zero attached hydrogens (tertiary/aromatic N) is 4. The lowest BCUT2D eigenvalue weighted by Crippen LogP contribution is -2.15. The number of thioether (sulfide) groups is 1. The number of methoxy groups -OCH3 is 1. The van der Waals surface area contributed by atoms with E-state index in [-0.39, 0.29) is 11.2 Å². The van der Waals surface area contributed by atoms with E-state index in [1.165, 1.54) is 18.9 Å². The number of carbonyl (C=O) groups excluding carboxylic acids is 1. The van der Waals surface area contributed by atoms with Crippen molar-refractivity contribution < 1.29 is 9.53 Å². The molecule has 2 rings (SSSR count). The number of benzene rings is 1. The summed E-state index contributed by atoms with van der Waals surface area (Å²) in [7, 11) is 1.36. The highest BCUT2D eigenvalue weighted by molar-refractivity contribution is 8.00. The number of hydrogen-bond donors (Lipinski definition) is 0. The summed E-state index contributed by atoms with van der Waals surface area (Å²) < 4.78 is 6.32. The van der Waals surface area contributed by atoms with E-state index in [0.29, 0.717) is 5.16 Å². The Morgan fingerprint density at radius 2 is 2.16 bits per heavy atom. The van der Waals surface area contributed by atoms with Gasteiger partial charge in [0.1, 0.15) is 5.25 Å². The Kier molecular flexibility index (Phi) is 4.16. The van der Waals surface area contributed by atoms with E-state index >= 15 is 0 Å². The van der Waals surface area contributed by atoms with Crippen molar-refractivity contribution in [1.29, 1.82) is 0 Å². The van der Waals surface area contributed by atoms with Gasteiger partial charge in [-0.15, -0.1) is 5.10 Å². The first-order valence-corrected chi connectivity index (χ1v) is 6.60. The normalized spacial score (nSPS) is 12.2. The monoisotopic (exact) mass is 278 g/mol. The lowest BCUT2D eigenvalue weighted by Gasteiger charge is -2.09. The molecule has 7 heteroatoms. The molecule has 0 unspecified atom stereocenters. The third-order valence-electron chi connectivity index (χ3n) is 2.60. The largest absolute Gasteiger partial charge is 0.468 e. The molecule has 0 bridgehead atoms. The van der Waals surface area contributed by atoms with Gasteiger partial charge in [0.05, 0.1) is 12.8 Å². The number of aromatic nitrogens is 4. The third kappa shape index (κ3) is 2.93. The molecule has 100 valence electrons. The van der Waals surface area contributed by atoms with Gasteiger partial charge in [-0.1, -0.05) is 30.0 Å². The van der Waals surface area contributed by atoms with Crippen molar-refractivity contribution in [3.05, 3.63) is 29.8 Å². The molecule has 0 aliphatic rings. The smallest absolute Gasteiger partial charge is 0.318 e. The SMILES string of the molecule is COC(=O)[C@@H](C)Sc1nnnn1-c1ccccc1C. The van der Waals surface area contributed by atoms with Crippen LogP contribution in [0.5, 0.6) is 0 Å². The molecular formula is C12H14N4O2S. The fourth-order valence-corrected chi connectivity index (χ4v) is 2.40. The van der Waals surface area contributed by atoms with Crippen LogP contribution in [0.2, 0.25) is 0 Å². The van der Waals surface area contributed by atoms with Crippen molar-refractivity contribution in [2.24, 2.45) is 0 Å². The van der Waals surface area contributed by atoms with E-state index in [0.717, 1.165) is 11.3 Å². The minimum Gasteiger partial charge on any atom is -0.468 e. The maximum absolute atomic E-state index is 11.4. The molecule has 1 aromatic heterocycles. The molecule has 1 atom stereocenters. The highest BCUT2D eigenvalue weighted by Gasteiger charge is 2.19. The second kappa shape index (κ2) is 5.83. The summed E-state index contributed by atoms with van der Waals surface area (Å²) >= 11 is 1.27. The van der Waals surface area contributed by atoms with Crippen molar-refractivity contribution >= 4 is 17.7 Å². The molecule has 0 radical (unpaired) electrons. The number of carbonyl (C=O) groups is 1. The molecule has 0 spiro atoms. The molecule has 0 amide bonds. The van der Waals surface area contributed by atoms with Gasteiger partial charge in [0.15, 0.2) is 0 Å². The van der Waals surface area contributed by atoms with Gasteiger partial charge in [0.2, 0.25) is 5.16 Å². The molecule has 19 heavy (non-hydrogen) atoms. The van der Waals surface area contributed by atoms with Crippen LogP contribution < -0.4 is 0 Å². The lowest BCUT2D eigenvalue weighted by atomic mass is 10.2. The molecular weight excluding hydrogens is 264 g/mol. The Bertz CT molecular complexity index is 585. The summed E-state index contributed by atoms with van der Waals surface area (Å²) in [6.07, 6.45) is 0. The number of aryl methyl sites for hydroxylation is 1. The predicted molar refractivity (Wildman–Crippen MR) is 71.2 cm³/mol. The van der Waals surface area contributed by atoms with Crippen LogP contribution in [0.15, 0.2) is 29.4 Å². The second-order valence-electron chi connectivity index (χ2n) is 3.94. The molecule has 0 saturated heterocycles. The minimum atomic E-state index is -0.362. The van der Waals surface area contributed by atoms with E-state index in [1.54, 1.807) is 11.6 Å². The fourth-order valence-electron chi connectivity index (χ4n) is 1.58. The van der Waals surface area contributed by atoms with E-state index in [1.807, 2.05) is 31.2 Å². The van der Waals surface area contributed by atoms with Crippen LogP contribution in [0.4, 0.5) is 0 Å². The molecule has 1 aromatic carbocycles. The summed E-state index contributed by atoms with van der Waals surface area (Å²) in [5, 5.41) is 11.8. The molecule has 1 heterocycles. The van der Waals surface area contributed by atoms with Gasteiger partial charge in [-0.05, 0) is 35.9 Å². The highest BCUT2D eigenvalue weighted by atomic mass is 32.2. The van der Waals surface area contributed by atoms with Crippen molar-refractivity contribution in [3.8, 4) is 5.69 Å². The third-order valence-corrected chi connectivity index (χ3v) is 3.61. The molecule has 0 aliphatic carbocycles. The van der Waals surface area contributed by atoms with Gasteiger partial charge in [-0.2, -0.15) is 4.68 Å². The van der Waals surface area contributed by atoms with Crippen LogP contribution in [0.25, 0.3) is 5.69 Å². The Morgan fingerprint density at radius 1 is 1.42 bits per heavy atom. The van der Waals surface area contributed by atoms with Gasteiger partial charge in [-0.3, -0.25) is 4.79 Å². The summed E-state index contributed by atoms with van der Waals surface area (Å²) in [6.45, 7) is 3.74. The Labute approximate surface area is 115 Å². The van der Waals surface area contributed by atoms with E-state index in [2.05, 4.69) is 15.5 Å². The summed E-state index contributed by atoms with van der Waals surface area (Å²) in [6, 6.07) is 7.78. The van der Waals surface area contributed by atoms with E-state index in [4.69, 9.17) is 4.74 Å². The van der Waals surface area contributed by atoms with Crippen LogP contribution in [0.1, 0.15) is 12.5 Å². The average molecular weight is 278 g/mol. The fraction of sp³-hybridized carbons (Fsp3) is 0.333. The molecule has 0 saturated carbocycles. The first-order valence-electron chi connectivity index (χ1n) is 5.72. The highest BCUT2D eigenvalue weighted by Crippen LogP contribution is 2.24. The molecule has 0 N–H and O–H groups in total. The van der Waals surface area contributed by atoms with Crippen molar-refractivity contribution in [1.82, 2.24) is 20.2 Å². The lowest BCUT2D eigenvalue weighted by molar-refractivity contribution is -0.139. The number of para-hydroxylation sites is 1. The van der Waals surface area contributed by atoms with Crippen molar-refractivity contribution in [2.45, 2.75) is 24.3 Å². The maximum atomic E-state index is 11.4. The van der Waals surface area contributed by atoms with Gasteiger partial charge in [0.25, 0.3) is 0 Å². The number of esters is 1. The van der Waals surface area contributed by atoms with Crippen LogP contribution in [0, 0.1) is 6.92 Å². The van der Waals surface area contributed by atoms with E-state index in [9.17, 15) is 4.79 Å². The minimum absolute atomic E-state index is 0.302. The molecule has 0 fully saturated rings. The average Bonchev–Trinajstić information content (AvgIpc) is 2.86. The van der Waals surface area contributed by atoms with Gasteiger partial charge < -0.3 is 4.74 Å². The van der Waals surface area contributed by atoms with Crippen LogP contribution >= 0.6 is 11.8 Å². The van der Waals surface area contributed by atoms with Gasteiger partial charge in [0, 0.05) is 0 Å². The zero-order valence-electron chi connectivity index (χ0n) is 10.9. The summed E-state index contributed by atoms with van der Waals surface area (Å²) in [5.41, 5.74) is 1.95. The van der Waals surface area contributed by atoms with Crippen LogP contribution in [-0.2, 0) is 9.53 Å². The molecule has 2 aromatic rings. The van der Waals surface area contributed by atoms with Crippen LogP contribution in [0.3, 0.4) is 0 Å². The zero-order chi connectivity index (χ0) is 13.8. The van der Waals surface area contributed by atoms with Gasteiger partial charge in [-0.25, -0.2) is 0 Å². The number of rotatable bonds is 4. The Morgan fingerprint density at radius 3 is 2.84 bits per heavy atom. The molecule has 0 aliphatic heterocycles. The number of tetrazole rings is 1. The number of ether oxygens (including phenoxy) is 1. The van der Waals surface area contributed by atoms with Crippen molar-refractivity contribution in [3.63, 3.8) is 0 Å². The first kappa shape index (κ1) is 13.5. The van der Waals surface area contributed by atoms with Crippen molar-refractivity contribution in [2.75, 3.05) is 7.11 Å². The Hall–Kier alpha value is -1.89. The standard InChI is InChI=1S/C12H14N4O2S/c1-8-6-4-5-7-10(8)16-12(13-14-15-16)19-9(2)11(17)18-3/h4-7,9H,1-3H3/t9-/m1/s1. The second-order valence-corrected chi connectivity index (χ2v) is 5.25. The summed E-state index contributed by atoms with van der Waals surface area (Å²) in [5.74, 6) is -0.302. The quantitative estimate of drug-likeness (QED) is 0.625. The van der Waals surface area contributed by atoms with E-state index < -0.39 is 0 Å².